The summed E-state index contributed by atoms with van der Waals surface area (Å²) in [6.07, 6.45) is 1.59. The third-order valence-electron chi connectivity index (χ3n) is 1.92. The highest BCUT2D eigenvalue weighted by molar-refractivity contribution is 5.80. The summed E-state index contributed by atoms with van der Waals surface area (Å²) in [6.45, 7) is 3.06. The first kappa shape index (κ1) is 9.19. The first-order valence-electron chi connectivity index (χ1n) is 4.08. The van der Waals surface area contributed by atoms with Crippen LogP contribution in [0.3, 0.4) is 0 Å². The number of aldehydes is 1. The van der Waals surface area contributed by atoms with Crippen LogP contribution in [0, 0.1) is 0 Å². The number of hydrogen-bond acceptors (Lipinski definition) is 3. The van der Waals surface area contributed by atoms with Gasteiger partial charge in [0.1, 0.15) is 12.9 Å². The lowest BCUT2D eigenvalue weighted by Crippen LogP contribution is -2.40. The van der Waals surface area contributed by atoms with Crippen LogP contribution in [-0.2, 0) is 14.3 Å². The molecule has 1 heterocycles. The number of hydrogen-bond donors (Lipinski definition) is 0. The summed E-state index contributed by atoms with van der Waals surface area (Å²) in [5.74, 6) is -0.0906. The second kappa shape index (κ2) is 4.21. The van der Waals surface area contributed by atoms with Gasteiger partial charge in [0, 0.05) is 13.2 Å². The van der Waals surface area contributed by atoms with Crippen molar-refractivity contribution in [2.75, 3.05) is 19.8 Å². The summed E-state index contributed by atoms with van der Waals surface area (Å²) in [7, 11) is 0. The van der Waals surface area contributed by atoms with E-state index in [9.17, 15) is 9.59 Å². The van der Waals surface area contributed by atoms with E-state index in [1.165, 1.54) is 0 Å². The molecule has 68 valence electrons. The topological polar surface area (TPSA) is 46.6 Å². The Balaban J connectivity index is 2.58. The lowest BCUT2D eigenvalue weighted by Gasteiger charge is -2.22. The van der Waals surface area contributed by atoms with E-state index in [4.69, 9.17) is 4.74 Å². The number of ether oxygens (including phenoxy) is 1. The Bertz CT molecular complexity index is 181. The molecule has 0 aromatic rings. The molecule has 1 aliphatic heterocycles. The van der Waals surface area contributed by atoms with Gasteiger partial charge >= 0.3 is 0 Å². The maximum atomic E-state index is 11.3. The number of carbonyl (C=O) groups excluding carboxylic acids is 2. The maximum Gasteiger partial charge on any atom is 0.249 e. The number of amides is 1. The van der Waals surface area contributed by atoms with Crippen LogP contribution in [0.4, 0.5) is 0 Å². The van der Waals surface area contributed by atoms with Gasteiger partial charge in [-0.15, -0.1) is 0 Å². The van der Waals surface area contributed by atoms with Crippen LogP contribution in [0.5, 0.6) is 0 Å². The molecule has 4 heteroatoms. The Morgan fingerprint density at radius 3 is 3.08 bits per heavy atom. The summed E-state index contributed by atoms with van der Waals surface area (Å²) in [4.78, 5) is 23.2. The molecule has 1 atom stereocenters. The summed E-state index contributed by atoms with van der Waals surface area (Å²) in [5.41, 5.74) is 0. The zero-order valence-corrected chi connectivity index (χ0v) is 7.16. The summed E-state index contributed by atoms with van der Waals surface area (Å²) < 4.78 is 5.02. The molecule has 1 unspecified atom stereocenters. The van der Waals surface area contributed by atoms with Gasteiger partial charge in [-0.25, -0.2) is 0 Å². The van der Waals surface area contributed by atoms with E-state index in [0.29, 0.717) is 13.2 Å². The van der Waals surface area contributed by atoms with Crippen LogP contribution in [0.15, 0.2) is 0 Å². The van der Waals surface area contributed by atoms with Crippen molar-refractivity contribution >= 4 is 12.2 Å². The van der Waals surface area contributed by atoms with Crippen LogP contribution in [0.25, 0.3) is 0 Å². The fourth-order valence-electron chi connectivity index (χ4n) is 1.21. The number of carbonyl (C=O) groups is 2. The number of rotatable bonds is 2. The van der Waals surface area contributed by atoms with E-state index < -0.39 is 0 Å². The Morgan fingerprint density at radius 1 is 1.67 bits per heavy atom. The monoisotopic (exact) mass is 171 g/mol. The van der Waals surface area contributed by atoms with Gasteiger partial charge in [-0.05, 0) is 13.3 Å². The Morgan fingerprint density at radius 2 is 2.42 bits per heavy atom. The minimum atomic E-state index is -0.320. The molecule has 0 spiro atoms. The maximum absolute atomic E-state index is 11.3. The predicted molar refractivity (Wildman–Crippen MR) is 42.7 cm³/mol. The summed E-state index contributed by atoms with van der Waals surface area (Å²) in [6, 6.07) is -0.320. The molecule has 1 aliphatic rings. The van der Waals surface area contributed by atoms with E-state index in [1.54, 1.807) is 11.8 Å². The van der Waals surface area contributed by atoms with Crippen molar-refractivity contribution in [2.24, 2.45) is 0 Å². The second-order valence-electron chi connectivity index (χ2n) is 2.87. The van der Waals surface area contributed by atoms with E-state index in [-0.39, 0.29) is 18.6 Å². The highest BCUT2D eigenvalue weighted by atomic mass is 16.5. The molecule has 1 saturated heterocycles. The molecular weight excluding hydrogens is 158 g/mol. The van der Waals surface area contributed by atoms with Crippen LogP contribution < -0.4 is 0 Å². The zero-order chi connectivity index (χ0) is 8.97. The molecule has 12 heavy (non-hydrogen) atoms. The normalized spacial score (nSPS) is 21.8. The third kappa shape index (κ3) is 2.04. The first-order chi connectivity index (χ1) is 5.75. The molecule has 0 radical (unpaired) electrons. The van der Waals surface area contributed by atoms with Crippen LogP contribution in [-0.4, -0.2) is 42.9 Å². The fourth-order valence-corrected chi connectivity index (χ4v) is 1.21. The van der Waals surface area contributed by atoms with E-state index >= 15 is 0 Å². The minimum Gasteiger partial charge on any atom is -0.372 e. The van der Waals surface area contributed by atoms with Crippen molar-refractivity contribution < 1.29 is 14.3 Å². The van der Waals surface area contributed by atoms with Gasteiger partial charge in [0.15, 0.2) is 0 Å². The Hall–Kier alpha value is -0.900. The largest absolute Gasteiger partial charge is 0.372 e. The molecule has 0 bridgehead atoms. The molecule has 0 aromatic heterocycles. The molecule has 0 aromatic carbocycles. The van der Waals surface area contributed by atoms with Crippen LogP contribution >= 0.6 is 0 Å². The molecule has 0 aliphatic carbocycles. The van der Waals surface area contributed by atoms with Gasteiger partial charge in [0.2, 0.25) is 5.91 Å². The van der Waals surface area contributed by atoms with Crippen molar-refractivity contribution in [2.45, 2.75) is 19.4 Å². The molecule has 1 rings (SSSR count). The highest BCUT2D eigenvalue weighted by Crippen LogP contribution is 2.03. The molecule has 0 saturated carbocycles. The van der Waals surface area contributed by atoms with Gasteiger partial charge in [-0.3, -0.25) is 4.79 Å². The molecular formula is C8H13NO3. The Labute approximate surface area is 71.5 Å². The van der Waals surface area contributed by atoms with Crippen molar-refractivity contribution in [3.05, 3.63) is 0 Å². The average molecular weight is 171 g/mol. The fraction of sp³-hybridized carbons (Fsp3) is 0.750. The van der Waals surface area contributed by atoms with E-state index in [1.807, 2.05) is 0 Å². The van der Waals surface area contributed by atoms with Gasteiger partial charge in [-0.2, -0.15) is 0 Å². The quantitative estimate of drug-likeness (QED) is 0.541. The van der Waals surface area contributed by atoms with Crippen molar-refractivity contribution in [3.8, 4) is 0 Å². The van der Waals surface area contributed by atoms with Gasteiger partial charge in [-0.1, -0.05) is 0 Å². The zero-order valence-electron chi connectivity index (χ0n) is 7.16. The van der Waals surface area contributed by atoms with Crippen LogP contribution in [0.2, 0.25) is 0 Å². The lowest BCUT2D eigenvalue weighted by atomic mass is 10.3. The van der Waals surface area contributed by atoms with Crippen LogP contribution in [0.1, 0.15) is 13.3 Å². The predicted octanol–water partition coefficient (Wildman–Crippen LogP) is -0.177. The summed E-state index contributed by atoms with van der Waals surface area (Å²) in [5, 5.41) is 0. The third-order valence-corrected chi connectivity index (χ3v) is 1.92. The minimum absolute atomic E-state index is 0.0906. The van der Waals surface area contributed by atoms with Gasteiger partial charge in [0.05, 0.1) is 6.04 Å². The average Bonchev–Trinajstić information content (AvgIpc) is 2.28. The Kier molecular flexibility index (Phi) is 3.22. The van der Waals surface area contributed by atoms with Gasteiger partial charge < -0.3 is 14.4 Å². The highest BCUT2D eigenvalue weighted by Gasteiger charge is 2.21. The molecule has 1 amide bonds. The first-order valence-corrected chi connectivity index (χ1v) is 4.08. The second-order valence-corrected chi connectivity index (χ2v) is 2.87. The standard InChI is InChI=1S/C8H13NO3/c1-7(5-10)9-3-2-4-12-6-8(9)11/h5,7H,2-4,6H2,1H3. The van der Waals surface area contributed by atoms with E-state index in [2.05, 4.69) is 0 Å². The van der Waals surface area contributed by atoms with Crippen molar-refractivity contribution in [3.63, 3.8) is 0 Å². The molecule has 1 fully saturated rings. The van der Waals surface area contributed by atoms with Crippen molar-refractivity contribution in [1.29, 1.82) is 0 Å². The van der Waals surface area contributed by atoms with Gasteiger partial charge in [0.25, 0.3) is 0 Å². The van der Waals surface area contributed by atoms with E-state index in [0.717, 1.165) is 12.7 Å². The number of nitrogens with zero attached hydrogens (tertiary/aromatic N) is 1. The SMILES string of the molecule is CC(C=O)N1CCCOCC1=O. The lowest BCUT2D eigenvalue weighted by molar-refractivity contribution is -0.137. The summed E-state index contributed by atoms with van der Waals surface area (Å²) >= 11 is 0. The molecule has 0 N–H and O–H groups in total. The molecule has 4 nitrogen and oxygen atoms in total. The van der Waals surface area contributed by atoms with Crippen molar-refractivity contribution in [1.82, 2.24) is 4.90 Å². The smallest absolute Gasteiger partial charge is 0.249 e.